The molecule has 2 nitrogen and oxygen atoms in total. The maximum atomic E-state index is 9.81. The van der Waals surface area contributed by atoms with Crippen LogP contribution in [0.4, 0.5) is 0 Å². The second kappa shape index (κ2) is 4.06. The molecule has 0 bridgehead atoms. The Balaban J connectivity index is 2.04. The monoisotopic (exact) mass is 211 g/mol. The second-order valence-electron chi connectivity index (χ2n) is 6.32. The van der Waals surface area contributed by atoms with Crippen molar-refractivity contribution in [3.63, 3.8) is 0 Å². The van der Waals surface area contributed by atoms with E-state index in [0.29, 0.717) is 11.5 Å². The van der Waals surface area contributed by atoms with Gasteiger partial charge in [0.2, 0.25) is 0 Å². The summed E-state index contributed by atoms with van der Waals surface area (Å²) in [6.45, 7) is 9.55. The van der Waals surface area contributed by atoms with Crippen LogP contribution in [0.1, 0.15) is 46.5 Å². The Labute approximate surface area is 93.7 Å². The van der Waals surface area contributed by atoms with Crippen molar-refractivity contribution in [2.75, 3.05) is 13.1 Å². The van der Waals surface area contributed by atoms with E-state index in [9.17, 15) is 5.11 Å². The van der Waals surface area contributed by atoms with Gasteiger partial charge in [-0.2, -0.15) is 0 Å². The Morgan fingerprint density at radius 2 is 2.00 bits per heavy atom. The summed E-state index contributed by atoms with van der Waals surface area (Å²) in [6, 6.07) is 0.603. The van der Waals surface area contributed by atoms with E-state index < -0.39 is 0 Å². The van der Waals surface area contributed by atoms with Crippen LogP contribution in [-0.2, 0) is 0 Å². The van der Waals surface area contributed by atoms with E-state index in [1.165, 1.54) is 25.9 Å². The van der Waals surface area contributed by atoms with Crippen LogP contribution in [0.15, 0.2) is 0 Å². The molecule has 0 amide bonds. The van der Waals surface area contributed by atoms with Crippen LogP contribution < -0.4 is 0 Å². The van der Waals surface area contributed by atoms with Gasteiger partial charge < -0.3 is 5.11 Å². The third-order valence-corrected chi connectivity index (χ3v) is 4.42. The summed E-state index contributed by atoms with van der Waals surface area (Å²) < 4.78 is 0. The van der Waals surface area contributed by atoms with Gasteiger partial charge in [0.1, 0.15) is 0 Å². The average Bonchev–Trinajstić information content (AvgIpc) is 2.56. The number of nitrogens with zero attached hydrogens (tertiary/aromatic N) is 1. The van der Waals surface area contributed by atoms with E-state index >= 15 is 0 Å². The molecule has 1 aliphatic heterocycles. The van der Waals surface area contributed by atoms with Crippen molar-refractivity contribution in [2.24, 2.45) is 11.3 Å². The number of rotatable bonds is 1. The fraction of sp³-hybridized carbons (Fsp3) is 1.00. The molecule has 0 aromatic carbocycles. The quantitative estimate of drug-likeness (QED) is 0.719. The highest BCUT2D eigenvalue weighted by molar-refractivity contribution is 4.94. The Morgan fingerprint density at radius 1 is 1.27 bits per heavy atom. The van der Waals surface area contributed by atoms with Gasteiger partial charge in [0.15, 0.2) is 0 Å². The van der Waals surface area contributed by atoms with Crippen molar-refractivity contribution in [2.45, 2.75) is 58.6 Å². The molecule has 1 heterocycles. The van der Waals surface area contributed by atoms with E-state index in [1.54, 1.807) is 0 Å². The van der Waals surface area contributed by atoms with Gasteiger partial charge in [-0.15, -0.1) is 0 Å². The largest absolute Gasteiger partial charge is 0.393 e. The van der Waals surface area contributed by atoms with Gasteiger partial charge in [-0.25, -0.2) is 0 Å². The molecule has 2 heteroatoms. The predicted molar refractivity (Wildman–Crippen MR) is 62.8 cm³/mol. The van der Waals surface area contributed by atoms with Gasteiger partial charge >= 0.3 is 0 Å². The lowest BCUT2D eigenvalue weighted by atomic mass is 9.71. The summed E-state index contributed by atoms with van der Waals surface area (Å²) in [4.78, 5) is 2.62. The highest BCUT2D eigenvalue weighted by Crippen LogP contribution is 2.40. The van der Waals surface area contributed by atoms with Crippen molar-refractivity contribution in [3.8, 4) is 0 Å². The van der Waals surface area contributed by atoms with Crippen molar-refractivity contribution in [1.82, 2.24) is 4.90 Å². The molecule has 3 atom stereocenters. The van der Waals surface area contributed by atoms with Gasteiger partial charge in [-0.3, -0.25) is 4.90 Å². The molecule has 1 saturated carbocycles. The second-order valence-corrected chi connectivity index (χ2v) is 6.32. The Kier molecular flexibility index (Phi) is 3.09. The summed E-state index contributed by atoms with van der Waals surface area (Å²) in [5.74, 6) is 0.847. The first kappa shape index (κ1) is 11.4. The third kappa shape index (κ3) is 2.36. The Morgan fingerprint density at radius 3 is 2.60 bits per heavy atom. The van der Waals surface area contributed by atoms with E-state index in [2.05, 4.69) is 25.7 Å². The number of likely N-dealkylation sites (tertiary alicyclic amines) is 1. The Bertz CT molecular complexity index is 227. The predicted octanol–water partition coefficient (Wildman–Crippen LogP) is 2.27. The minimum Gasteiger partial charge on any atom is -0.393 e. The summed E-state index contributed by atoms with van der Waals surface area (Å²) in [6.07, 6.45) is 4.43. The van der Waals surface area contributed by atoms with Gasteiger partial charge in [0, 0.05) is 12.6 Å². The lowest BCUT2D eigenvalue weighted by Crippen LogP contribution is -2.49. The zero-order valence-electron chi connectivity index (χ0n) is 10.4. The van der Waals surface area contributed by atoms with E-state index in [1.807, 2.05) is 0 Å². The molecule has 2 aliphatic rings. The molecule has 0 spiro atoms. The first-order valence-electron chi connectivity index (χ1n) is 6.41. The van der Waals surface area contributed by atoms with Gasteiger partial charge in [-0.05, 0) is 43.6 Å². The van der Waals surface area contributed by atoms with Crippen LogP contribution in [0, 0.1) is 11.3 Å². The molecule has 0 radical (unpaired) electrons. The molecule has 1 N–H and O–H groups in total. The highest BCUT2D eigenvalue weighted by Gasteiger charge is 2.40. The maximum absolute atomic E-state index is 9.81. The first-order valence-corrected chi connectivity index (χ1v) is 6.41. The third-order valence-electron chi connectivity index (χ3n) is 4.42. The van der Waals surface area contributed by atoms with Crippen LogP contribution in [-0.4, -0.2) is 35.2 Å². The molecule has 3 unspecified atom stereocenters. The molecule has 0 aromatic heterocycles. The maximum Gasteiger partial charge on any atom is 0.0555 e. The van der Waals surface area contributed by atoms with Crippen molar-refractivity contribution in [1.29, 1.82) is 0 Å². The van der Waals surface area contributed by atoms with Gasteiger partial charge in [0.25, 0.3) is 0 Å². The van der Waals surface area contributed by atoms with Gasteiger partial charge in [0.05, 0.1) is 6.10 Å². The van der Waals surface area contributed by atoms with Crippen molar-refractivity contribution >= 4 is 0 Å². The van der Waals surface area contributed by atoms with Crippen LogP contribution >= 0.6 is 0 Å². The van der Waals surface area contributed by atoms with Gasteiger partial charge in [-0.1, -0.05) is 20.8 Å². The van der Waals surface area contributed by atoms with Crippen LogP contribution in [0.2, 0.25) is 0 Å². The topological polar surface area (TPSA) is 23.5 Å². The first-order chi connectivity index (χ1) is 6.99. The van der Waals surface area contributed by atoms with Crippen LogP contribution in [0.5, 0.6) is 0 Å². The van der Waals surface area contributed by atoms with Crippen molar-refractivity contribution in [3.05, 3.63) is 0 Å². The molecule has 15 heavy (non-hydrogen) atoms. The summed E-state index contributed by atoms with van der Waals surface area (Å²) in [5, 5.41) is 9.81. The molecule has 2 fully saturated rings. The summed E-state index contributed by atoms with van der Waals surface area (Å²) in [5.41, 5.74) is 0.392. The minimum absolute atomic E-state index is 0.0565. The minimum atomic E-state index is -0.0565. The normalized spacial score (nSPS) is 42.0. The smallest absolute Gasteiger partial charge is 0.0555 e. The highest BCUT2D eigenvalue weighted by atomic mass is 16.3. The number of hydrogen-bond acceptors (Lipinski definition) is 2. The fourth-order valence-electron chi connectivity index (χ4n) is 3.30. The molecule has 1 saturated heterocycles. The van der Waals surface area contributed by atoms with E-state index in [0.717, 1.165) is 18.8 Å². The molecule has 1 aliphatic carbocycles. The molecular weight excluding hydrogens is 186 g/mol. The SMILES string of the molecule is CC1CCN(C2CC(O)CCC2(C)C)C1. The molecular formula is C13H25NO. The molecule has 88 valence electrons. The summed E-state index contributed by atoms with van der Waals surface area (Å²) >= 11 is 0. The van der Waals surface area contributed by atoms with Crippen molar-refractivity contribution < 1.29 is 5.11 Å². The van der Waals surface area contributed by atoms with E-state index in [-0.39, 0.29) is 6.10 Å². The van der Waals surface area contributed by atoms with Crippen LogP contribution in [0.25, 0.3) is 0 Å². The number of aliphatic hydroxyl groups is 1. The lowest BCUT2D eigenvalue weighted by molar-refractivity contribution is -0.00327. The lowest BCUT2D eigenvalue weighted by Gasteiger charge is -2.45. The summed E-state index contributed by atoms with van der Waals surface area (Å²) in [7, 11) is 0. The molecule has 0 aromatic rings. The number of hydrogen-bond donors (Lipinski definition) is 1. The van der Waals surface area contributed by atoms with E-state index in [4.69, 9.17) is 0 Å². The average molecular weight is 211 g/mol. The number of aliphatic hydroxyl groups excluding tert-OH is 1. The van der Waals surface area contributed by atoms with Crippen LogP contribution in [0.3, 0.4) is 0 Å². The fourth-order valence-corrected chi connectivity index (χ4v) is 3.30. The zero-order chi connectivity index (χ0) is 11.1. The zero-order valence-corrected chi connectivity index (χ0v) is 10.4. The standard InChI is InChI=1S/C13H25NO/c1-10-5-7-14(9-10)12-8-11(15)4-6-13(12,2)3/h10-12,15H,4-9H2,1-3H3. The molecule has 2 rings (SSSR count). The Hall–Kier alpha value is -0.0800.